The molecule has 0 aliphatic heterocycles. The summed E-state index contributed by atoms with van der Waals surface area (Å²) in [6, 6.07) is 7.81. The third-order valence-electron chi connectivity index (χ3n) is 3.14. The summed E-state index contributed by atoms with van der Waals surface area (Å²) in [6.07, 6.45) is 7.06. The molecule has 1 N–H and O–H groups in total. The third kappa shape index (κ3) is 5.35. The summed E-state index contributed by atoms with van der Waals surface area (Å²) in [5, 5.41) is 3.39. The Balaban J connectivity index is 2.25. The van der Waals surface area contributed by atoms with Crippen LogP contribution in [0.25, 0.3) is 0 Å². The fourth-order valence-corrected chi connectivity index (χ4v) is 1.94. The summed E-state index contributed by atoms with van der Waals surface area (Å²) in [5.41, 5.74) is 1.92. The van der Waals surface area contributed by atoms with E-state index in [4.69, 9.17) is 0 Å². The normalized spacial score (nSPS) is 10.3. The molecular formula is C16H25NO. The van der Waals surface area contributed by atoms with E-state index in [1.54, 1.807) is 0 Å². The zero-order chi connectivity index (χ0) is 13.2. The van der Waals surface area contributed by atoms with Gasteiger partial charge in [-0.2, -0.15) is 0 Å². The predicted octanol–water partition coefficient (Wildman–Crippen LogP) is 4.66. The maximum absolute atomic E-state index is 11.5. The maximum Gasteiger partial charge on any atom is 0.162 e. The number of benzene rings is 1. The van der Waals surface area contributed by atoms with E-state index in [1.165, 1.54) is 32.1 Å². The molecular weight excluding hydrogens is 222 g/mol. The van der Waals surface area contributed by atoms with Gasteiger partial charge in [-0.15, -0.1) is 0 Å². The Morgan fingerprint density at radius 3 is 2.28 bits per heavy atom. The number of carbonyl (C=O) groups is 1. The Morgan fingerprint density at radius 2 is 1.67 bits per heavy atom. The van der Waals surface area contributed by atoms with Gasteiger partial charge in [0.15, 0.2) is 5.78 Å². The molecule has 0 aliphatic rings. The number of anilines is 1. The SMILES string of the molecule is CCCCCCCNc1ccc(C(=O)CC)cc1. The minimum Gasteiger partial charge on any atom is -0.385 e. The van der Waals surface area contributed by atoms with E-state index in [9.17, 15) is 4.79 Å². The highest BCUT2D eigenvalue weighted by Gasteiger charge is 2.01. The lowest BCUT2D eigenvalue weighted by molar-refractivity contribution is 0.0988. The van der Waals surface area contributed by atoms with Crippen molar-refractivity contribution in [2.75, 3.05) is 11.9 Å². The van der Waals surface area contributed by atoms with Crippen LogP contribution in [0.5, 0.6) is 0 Å². The van der Waals surface area contributed by atoms with Crippen molar-refractivity contribution < 1.29 is 4.79 Å². The lowest BCUT2D eigenvalue weighted by Crippen LogP contribution is -2.02. The predicted molar refractivity (Wildman–Crippen MR) is 78.3 cm³/mol. The van der Waals surface area contributed by atoms with Gasteiger partial charge >= 0.3 is 0 Å². The van der Waals surface area contributed by atoms with Gasteiger partial charge in [-0.25, -0.2) is 0 Å². The molecule has 0 heterocycles. The Hall–Kier alpha value is -1.31. The molecule has 2 heteroatoms. The van der Waals surface area contributed by atoms with Gasteiger partial charge in [0.2, 0.25) is 0 Å². The molecule has 0 atom stereocenters. The number of hydrogen-bond acceptors (Lipinski definition) is 2. The van der Waals surface area contributed by atoms with E-state index >= 15 is 0 Å². The summed E-state index contributed by atoms with van der Waals surface area (Å²) < 4.78 is 0. The molecule has 1 aromatic carbocycles. The molecule has 0 amide bonds. The zero-order valence-corrected chi connectivity index (χ0v) is 11.7. The molecule has 0 saturated carbocycles. The van der Waals surface area contributed by atoms with Crippen LogP contribution in [0.2, 0.25) is 0 Å². The van der Waals surface area contributed by atoms with Crippen LogP contribution in [0.4, 0.5) is 5.69 Å². The monoisotopic (exact) mass is 247 g/mol. The molecule has 100 valence electrons. The van der Waals surface area contributed by atoms with Crippen LogP contribution in [0.1, 0.15) is 62.7 Å². The number of carbonyl (C=O) groups excluding carboxylic acids is 1. The second-order valence-corrected chi connectivity index (χ2v) is 4.70. The van der Waals surface area contributed by atoms with Gasteiger partial charge in [0.1, 0.15) is 0 Å². The zero-order valence-electron chi connectivity index (χ0n) is 11.7. The number of rotatable bonds is 9. The molecule has 0 fully saturated rings. The molecule has 2 nitrogen and oxygen atoms in total. The second kappa shape index (κ2) is 8.73. The Kier molecular flexibility index (Phi) is 7.16. The summed E-state index contributed by atoms with van der Waals surface area (Å²) in [6.45, 7) is 5.15. The van der Waals surface area contributed by atoms with Gasteiger partial charge in [0.25, 0.3) is 0 Å². The lowest BCUT2D eigenvalue weighted by Gasteiger charge is -2.07. The molecule has 0 aliphatic carbocycles. The quantitative estimate of drug-likeness (QED) is 0.508. The first kappa shape index (κ1) is 14.7. The average Bonchev–Trinajstić information content (AvgIpc) is 2.42. The third-order valence-corrected chi connectivity index (χ3v) is 3.14. The summed E-state index contributed by atoms with van der Waals surface area (Å²) in [4.78, 5) is 11.5. The number of Topliss-reactive ketones (excluding diaryl/α,β-unsaturated/α-hetero) is 1. The lowest BCUT2D eigenvalue weighted by atomic mass is 10.1. The van der Waals surface area contributed by atoms with E-state index in [1.807, 2.05) is 31.2 Å². The number of unbranched alkanes of at least 4 members (excludes halogenated alkanes) is 4. The molecule has 0 saturated heterocycles. The summed E-state index contributed by atoms with van der Waals surface area (Å²) >= 11 is 0. The van der Waals surface area contributed by atoms with Crippen molar-refractivity contribution in [1.29, 1.82) is 0 Å². The Bertz CT molecular complexity index is 343. The molecule has 0 aromatic heterocycles. The van der Waals surface area contributed by atoms with Gasteiger partial charge in [-0.05, 0) is 30.7 Å². The largest absolute Gasteiger partial charge is 0.385 e. The summed E-state index contributed by atoms with van der Waals surface area (Å²) in [5.74, 6) is 0.209. The Labute approximate surface area is 111 Å². The first-order chi connectivity index (χ1) is 8.77. The minimum absolute atomic E-state index is 0.209. The van der Waals surface area contributed by atoms with E-state index in [0.717, 1.165) is 17.8 Å². The highest BCUT2D eigenvalue weighted by molar-refractivity contribution is 5.96. The maximum atomic E-state index is 11.5. The van der Waals surface area contributed by atoms with Crippen LogP contribution in [0, 0.1) is 0 Å². The minimum atomic E-state index is 0.209. The topological polar surface area (TPSA) is 29.1 Å². The van der Waals surface area contributed by atoms with Crippen LogP contribution in [-0.2, 0) is 0 Å². The standard InChI is InChI=1S/C16H25NO/c1-3-5-6-7-8-13-17-15-11-9-14(10-12-15)16(18)4-2/h9-12,17H,3-8,13H2,1-2H3. The van der Waals surface area contributed by atoms with Crippen molar-refractivity contribution in [3.63, 3.8) is 0 Å². The van der Waals surface area contributed by atoms with Crippen molar-refractivity contribution in [1.82, 2.24) is 0 Å². The highest BCUT2D eigenvalue weighted by atomic mass is 16.1. The number of ketones is 1. The van der Waals surface area contributed by atoms with Gasteiger partial charge in [0.05, 0.1) is 0 Å². The molecule has 18 heavy (non-hydrogen) atoms. The van der Waals surface area contributed by atoms with Gasteiger partial charge in [0, 0.05) is 24.2 Å². The molecule has 0 spiro atoms. The van der Waals surface area contributed by atoms with E-state index in [0.29, 0.717) is 6.42 Å². The fraction of sp³-hybridized carbons (Fsp3) is 0.562. The van der Waals surface area contributed by atoms with Crippen LogP contribution >= 0.6 is 0 Å². The first-order valence-corrected chi connectivity index (χ1v) is 7.15. The van der Waals surface area contributed by atoms with Gasteiger partial charge in [-0.1, -0.05) is 39.5 Å². The highest BCUT2D eigenvalue weighted by Crippen LogP contribution is 2.11. The van der Waals surface area contributed by atoms with Crippen molar-refractivity contribution in [3.8, 4) is 0 Å². The smallest absolute Gasteiger partial charge is 0.162 e. The van der Waals surface area contributed by atoms with E-state index in [2.05, 4.69) is 12.2 Å². The van der Waals surface area contributed by atoms with Crippen LogP contribution in [0.15, 0.2) is 24.3 Å². The second-order valence-electron chi connectivity index (χ2n) is 4.70. The van der Waals surface area contributed by atoms with Crippen molar-refractivity contribution in [2.24, 2.45) is 0 Å². The van der Waals surface area contributed by atoms with Gasteiger partial charge < -0.3 is 5.32 Å². The molecule has 1 aromatic rings. The van der Waals surface area contributed by atoms with Crippen molar-refractivity contribution in [2.45, 2.75) is 52.4 Å². The average molecular weight is 247 g/mol. The van der Waals surface area contributed by atoms with Crippen LogP contribution in [0.3, 0.4) is 0 Å². The molecule has 1 rings (SSSR count). The molecule has 0 bridgehead atoms. The van der Waals surface area contributed by atoms with Crippen LogP contribution < -0.4 is 5.32 Å². The van der Waals surface area contributed by atoms with Crippen molar-refractivity contribution in [3.05, 3.63) is 29.8 Å². The van der Waals surface area contributed by atoms with Crippen molar-refractivity contribution >= 4 is 11.5 Å². The first-order valence-electron chi connectivity index (χ1n) is 7.15. The molecule has 0 unspecified atom stereocenters. The van der Waals surface area contributed by atoms with Gasteiger partial charge in [-0.3, -0.25) is 4.79 Å². The fourth-order valence-electron chi connectivity index (χ4n) is 1.94. The number of nitrogens with one attached hydrogen (secondary N) is 1. The van der Waals surface area contributed by atoms with E-state index < -0.39 is 0 Å². The van der Waals surface area contributed by atoms with E-state index in [-0.39, 0.29) is 5.78 Å². The summed E-state index contributed by atoms with van der Waals surface area (Å²) in [7, 11) is 0. The number of hydrogen-bond donors (Lipinski definition) is 1. The van der Waals surface area contributed by atoms with Crippen LogP contribution in [-0.4, -0.2) is 12.3 Å². The molecule has 0 radical (unpaired) electrons. The Morgan fingerprint density at radius 1 is 1.00 bits per heavy atom.